The van der Waals surface area contributed by atoms with Gasteiger partial charge in [-0.05, 0) is 61.1 Å². The number of fused-ring (bicyclic) bond motifs is 1. The summed E-state index contributed by atoms with van der Waals surface area (Å²) in [6.45, 7) is 0. The molecule has 0 bridgehead atoms. The number of hydrogen-bond acceptors (Lipinski definition) is 6. The van der Waals surface area contributed by atoms with E-state index in [0.29, 0.717) is 22.6 Å². The Morgan fingerprint density at radius 1 is 1.00 bits per heavy atom. The first-order valence-electron chi connectivity index (χ1n) is 9.17. The van der Waals surface area contributed by atoms with Crippen molar-refractivity contribution >= 4 is 11.9 Å². The highest BCUT2D eigenvalue weighted by Crippen LogP contribution is 2.33. The number of nitrogens with one attached hydrogen (secondary N) is 1. The summed E-state index contributed by atoms with van der Waals surface area (Å²) in [6, 6.07) is 11.1. The molecule has 1 aliphatic carbocycles. The molecule has 1 aromatic heterocycles. The lowest BCUT2D eigenvalue weighted by Crippen LogP contribution is -2.13. The van der Waals surface area contributed by atoms with Crippen molar-refractivity contribution in [1.82, 2.24) is 10.2 Å². The van der Waals surface area contributed by atoms with Gasteiger partial charge in [0.2, 0.25) is 0 Å². The van der Waals surface area contributed by atoms with E-state index in [9.17, 15) is 4.79 Å². The monoisotopic (exact) mass is 379 g/mol. The van der Waals surface area contributed by atoms with E-state index in [1.165, 1.54) is 17.5 Å². The standard InChI is InChI=1S/C21H21N3O4/c1-26-16-9-10-17(18(12-16)27-2)20-23-24-21(28-20)22-19(25)15-8-7-13-5-3-4-6-14(13)11-15/h7-12H,3-6H2,1-2H3,(H,22,24,25). The molecule has 7 heteroatoms. The number of hydrogen-bond donors (Lipinski definition) is 1. The van der Waals surface area contributed by atoms with Gasteiger partial charge in [-0.25, -0.2) is 0 Å². The fraction of sp³-hybridized carbons (Fsp3) is 0.286. The number of carbonyl (C=O) groups excluding carboxylic acids is 1. The third-order valence-electron chi connectivity index (χ3n) is 4.90. The number of methoxy groups -OCH3 is 2. The summed E-state index contributed by atoms with van der Waals surface area (Å²) in [4.78, 5) is 12.6. The van der Waals surface area contributed by atoms with Gasteiger partial charge < -0.3 is 13.9 Å². The van der Waals surface area contributed by atoms with Crippen molar-refractivity contribution in [3.63, 3.8) is 0 Å². The molecule has 1 heterocycles. The summed E-state index contributed by atoms with van der Waals surface area (Å²) < 4.78 is 16.2. The first-order valence-corrected chi connectivity index (χ1v) is 9.17. The third-order valence-corrected chi connectivity index (χ3v) is 4.90. The van der Waals surface area contributed by atoms with Crippen LogP contribution in [-0.2, 0) is 12.8 Å². The second-order valence-electron chi connectivity index (χ2n) is 6.62. The summed E-state index contributed by atoms with van der Waals surface area (Å²) in [7, 11) is 3.13. The summed E-state index contributed by atoms with van der Waals surface area (Å²) in [5, 5.41) is 10.6. The van der Waals surface area contributed by atoms with Crippen LogP contribution in [0.15, 0.2) is 40.8 Å². The SMILES string of the molecule is COc1ccc(-c2nnc(NC(=O)c3ccc4c(c3)CCCC4)o2)c(OC)c1. The molecular formula is C21H21N3O4. The maximum atomic E-state index is 12.6. The van der Waals surface area contributed by atoms with Crippen LogP contribution in [0.2, 0.25) is 0 Å². The van der Waals surface area contributed by atoms with E-state index in [1.807, 2.05) is 18.2 Å². The quantitative estimate of drug-likeness (QED) is 0.724. The Balaban J connectivity index is 1.53. The Morgan fingerprint density at radius 2 is 1.82 bits per heavy atom. The number of carbonyl (C=O) groups is 1. The van der Waals surface area contributed by atoms with Gasteiger partial charge in [-0.15, -0.1) is 5.10 Å². The molecule has 1 amide bonds. The van der Waals surface area contributed by atoms with Crippen molar-refractivity contribution in [2.24, 2.45) is 0 Å². The molecule has 28 heavy (non-hydrogen) atoms. The fourth-order valence-corrected chi connectivity index (χ4v) is 3.40. The van der Waals surface area contributed by atoms with Crippen molar-refractivity contribution < 1.29 is 18.7 Å². The largest absolute Gasteiger partial charge is 0.497 e. The van der Waals surface area contributed by atoms with Crippen molar-refractivity contribution in [1.29, 1.82) is 0 Å². The molecule has 2 aromatic carbocycles. The smallest absolute Gasteiger partial charge is 0.322 e. The van der Waals surface area contributed by atoms with E-state index >= 15 is 0 Å². The maximum absolute atomic E-state index is 12.6. The number of nitrogens with zero attached hydrogens (tertiary/aromatic N) is 2. The molecule has 0 unspecified atom stereocenters. The first-order chi connectivity index (χ1) is 13.7. The lowest BCUT2D eigenvalue weighted by atomic mass is 9.90. The Bertz CT molecular complexity index is 1010. The first kappa shape index (κ1) is 18.0. The highest BCUT2D eigenvalue weighted by atomic mass is 16.5. The fourth-order valence-electron chi connectivity index (χ4n) is 3.40. The van der Waals surface area contributed by atoms with Crippen LogP contribution in [0, 0.1) is 0 Å². The van der Waals surface area contributed by atoms with Gasteiger partial charge in [0.25, 0.3) is 11.8 Å². The second-order valence-corrected chi connectivity index (χ2v) is 6.62. The number of benzene rings is 2. The minimum Gasteiger partial charge on any atom is -0.497 e. The Labute approximate surface area is 162 Å². The molecule has 3 aromatic rings. The highest BCUT2D eigenvalue weighted by Gasteiger charge is 2.18. The molecule has 0 saturated carbocycles. The molecule has 144 valence electrons. The number of ether oxygens (including phenoxy) is 2. The van der Waals surface area contributed by atoms with Crippen molar-refractivity contribution in [2.45, 2.75) is 25.7 Å². The van der Waals surface area contributed by atoms with Crippen LogP contribution in [0.3, 0.4) is 0 Å². The molecule has 1 aliphatic rings. The lowest BCUT2D eigenvalue weighted by Gasteiger charge is -2.16. The van der Waals surface area contributed by atoms with Crippen LogP contribution >= 0.6 is 0 Å². The Kier molecular flexibility index (Phi) is 4.97. The molecule has 0 radical (unpaired) electrons. The molecule has 4 rings (SSSR count). The Hall–Kier alpha value is -3.35. The van der Waals surface area contributed by atoms with E-state index in [4.69, 9.17) is 13.9 Å². The van der Waals surface area contributed by atoms with Gasteiger partial charge in [0.05, 0.1) is 19.8 Å². The average Bonchev–Trinajstić information content (AvgIpc) is 3.21. The normalized spacial score (nSPS) is 12.9. The van der Waals surface area contributed by atoms with Crippen LogP contribution in [0.5, 0.6) is 11.5 Å². The van der Waals surface area contributed by atoms with Crippen LogP contribution in [0.25, 0.3) is 11.5 Å². The number of rotatable bonds is 5. The predicted molar refractivity (Wildman–Crippen MR) is 104 cm³/mol. The van der Waals surface area contributed by atoms with E-state index in [0.717, 1.165) is 19.3 Å². The molecule has 1 N–H and O–H groups in total. The van der Waals surface area contributed by atoms with Crippen LogP contribution < -0.4 is 14.8 Å². The van der Waals surface area contributed by atoms with Crippen LogP contribution in [-0.4, -0.2) is 30.3 Å². The molecule has 0 saturated heterocycles. The zero-order chi connectivity index (χ0) is 19.5. The van der Waals surface area contributed by atoms with Crippen LogP contribution in [0.4, 0.5) is 6.01 Å². The van der Waals surface area contributed by atoms with E-state index in [1.54, 1.807) is 32.4 Å². The van der Waals surface area contributed by atoms with Crippen LogP contribution in [0.1, 0.15) is 34.3 Å². The zero-order valence-electron chi connectivity index (χ0n) is 15.8. The third kappa shape index (κ3) is 3.55. The average molecular weight is 379 g/mol. The zero-order valence-corrected chi connectivity index (χ0v) is 15.8. The number of anilines is 1. The lowest BCUT2D eigenvalue weighted by molar-refractivity contribution is 0.102. The molecular weight excluding hydrogens is 358 g/mol. The van der Waals surface area contributed by atoms with Gasteiger partial charge in [0.15, 0.2) is 0 Å². The molecule has 0 aliphatic heterocycles. The minimum atomic E-state index is -0.273. The van der Waals surface area contributed by atoms with E-state index in [2.05, 4.69) is 15.5 Å². The Morgan fingerprint density at radius 3 is 2.61 bits per heavy atom. The molecule has 7 nitrogen and oxygen atoms in total. The van der Waals surface area contributed by atoms with E-state index in [-0.39, 0.29) is 17.8 Å². The number of aryl methyl sites for hydroxylation is 2. The number of aromatic nitrogens is 2. The van der Waals surface area contributed by atoms with Gasteiger partial charge in [-0.1, -0.05) is 11.2 Å². The van der Waals surface area contributed by atoms with Gasteiger partial charge in [0, 0.05) is 11.6 Å². The summed E-state index contributed by atoms with van der Waals surface area (Å²) in [6.07, 6.45) is 4.46. The second kappa shape index (κ2) is 7.72. The van der Waals surface area contributed by atoms with Crippen molar-refractivity contribution in [3.8, 4) is 23.0 Å². The van der Waals surface area contributed by atoms with Gasteiger partial charge in [0.1, 0.15) is 11.5 Å². The number of amides is 1. The van der Waals surface area contributed by atoms with Crippen molar-refractivity contribution in [2.75, 3.05) is 19.5 Å². The molecule has 0 fully saturated rings. The van der Waals surface area contributed by atoms with Crippen molar-refractivity contribution in [3.05, 3.63) is 53.1 Å². The van der Waals surface area contributed by atoms with Gasteiger partial charge >= 0.3 is 6.01 Å². The summed E-state index contributed by atoms with van der Waals surface area (Å²) >= 11 is 0. The minimum absolute atomic E-state index is 0.0376. The summed E-state index contributed by atoms with van der Waals surface area (Å²) in [5.74, 6) is 1.17. The molecule has 0 atom stereocenters. The maximum Gasteiger partial charge on any atom is 0.322 e. The topological polar surface area (TPSA) is 86.5 Å². The highest BCUT2D eigenvalue weighted by molar-refractivity contribution is 6.03. The summed E-state index contributed by atoms with van der Waals surface area (Å²) in [5.41, 5.74) is 3.77. The predicted octanol–water partition coefficient (Wildman–Crippen LogP) is 3.88. The van der Waals surface area contributed by atoms with Gasteiger partial charge in [-0.3, -0.25) is 10.1 Å². The molecule has 0 spiro atoms. The van der Waals surface area contributed by atoms with E-state index < -0.39 is 0 Å². The van der Waals surface area contributed by atoms with Gasteiger partial charge in [-0.2, -0.15) is 0 Å².